The second-order valence-electron chi connectivity index (χ2n) is 7.67. The molecule has 0 unspecified atom stereocenters. The summed E-state index contributed by atoms with van der Waals surface area (Å²) in [6.07, 6.45) is 3.30. The van der Waals surface area contributed by atoms with Crippen LogP contribution in [0.1, 0.15) is 26.6 Å². The Morgan fingerprint density at radius 1 is 1.10 bits per heavy atom. The number of fused-ring (bicyclic) bond motifs is 1. The summed E-state index contributed by atoms with van der Waals surface area (Å²) in [5.41, 5.74) is -1.08. The number of thioether (sulfide) groups is 1. The molecule has 29 heavy (non-hydrogen) atoms. The third-order valence-electron chi connectivity index (χ3n) is 4.32. The summed E-state index contributed by atoms with van der Waals surface area (Å²) in [5.74, 6) is 0.460. The summed E-state index contributed by atoms with van der Waals surface area (Å²) in [4.78, 5) is 48.5. The fourth-order valence-electron chi connectivity index (χ4n) is 2.68. The van der Waals surface area contributed by atoms with Crippen LogP contribution >= 0.6 is 11.8 Å². The molecule has 2 heterocycles. The van der Waals surface area contributed by atoms with Gasteiger partial charge in [-0.3, -0.25) is 18.7 Å². The predicted molar refractivity (Wildman–Crippen MR) is 116 cm³/mol. The molecule has 156 valence electrons. The molecule has 0 aromatic carbocycles. The van der Waals surface area contributed by atoms with E-state index < -0.39 is 16.7 Å². The maximum atomic E-state index is 12.8. The van der Waals surface area contributed by atoms with E-state index in [1.807, 2.05) is 20.8 Å². The summed E-state index contributed by atoms with van der Waals surface area (Å²) in [7, 11) is 2.98. The molecule has 0 aliphatic rings. The number of hydrogen-bond donors (Lipinski definition) is 0. The van der Waals surface area contributed by atoms with E-state index in [0.29, 0.717) is 23.9 Å². The Balaban J connectivity index is 2.60. The molecule has 0 saturated carbocycles. The van der Waals surface area contributed by atoms with Crippen molar-refractivity contribution < 1.29 is 4.79 Å². The van der Waals surface area contributed by atoms with Gasteiger partial charge in [-0.05, 0) is 0 Å². The number of nitrogens with zero attached hydrogens (tertiary/aromatic N) is 5. The maximum absolute atomic E-state index is 12.8. The molecule has 8 nitrogen and oxygen atoms in total. The minimum atomic E-state index is -0.479. The van der Waals surface area contributed by atoms with E-state index in [1.54, 1.807) is 24.1 Å². The minimum absolute atomic E-state index is 0.0867. The van der Waals surface area contributed by atoms with Gasteiger partial charge in [0.25, 0.3) is 5.56 Å². The van der Waals surface area contributed by atoms with Crippen LogP contribution < -0.4 is 11.2 Å². The van der Waals surface area contributed by atoms with Gasteiger partial charge in [0.15, 0.2) is 5.65 Å². The lowest BCUT2D eigenvalue weighted by Gasteiger charge is -2.21. The highest BCUT2D eigenvalue weighted by molar-refractivity contribution is 8.00. The molecule has 0 aliphatic heterocycles. The van der Waals surface area contributed by atoms with Crippen LogP contribution in [0.3, 0.4) is 0 Å². The molecule has 0 atom stereocenters. The molecule has 2 aromatic heterocycles. The summed E-state index contributed by atoms with van der Waals surface area (Å²) < 4.78 is 2.36. The summed E-state index contributed by atoms with van der Waals surface area (Å²) >= 11 is 1.17. The standard InChI is InChI=1S/C20H27N5O3S/c1-8-10-25(11-9-2)13(26)12-29-16-14-15(21-18(22-16)20(3,4)5)23(6)19(28)24(7)17(14)27/h8-9H,1-2,10-12H2,3-7H3. The third kappa shape index (κ3) is 4.67. The van der Waals surface area contributed by atoms with Gasteiger partial charge in [-0.25, -0.2) is 14.8 Å². The fraction of sp³-hybridized carbons (Fsp3) is 0.450. The molecule has 0 bridgehead atoms. The van der Waals surface area contributed by atoms with E-state index in [4.69, 9.17) is 0 Å². The van der Waals surface area contributed by atoms with Crippen molar-refractivity contribution in [2.45, 2.75) is 31.2 Å². The molecule has 1 amide bonds. The van der Waals surface area contributed by atoms with Crippen LogP contribution in [0.15, 0.2) is 39.9 Å². The van der Waals surface area contributed by atoms with Crippen molar-refractivity contribution in [2.75, 3.05) is 18.8 Å². The zero-order valence-corrected chi connectivity index (χ0v) is 18.4. The highest BCUT2D eigenvalue weighted by Gasteiger charge is 2.24. The van der Waals surface area contributed by atoms with Crippen molar-refractivity contribution in [3.8, 4) is 0 Å². The van der Waals surface area contributed by atoms with Gasteiger partial charge >= 0.3 is 5.69 Å². The van der Waals surface area contributed by atoms with Gasteiger partial charge in [0, 0.05) is 32.6 Å². The van der Waals surface area contributed by atoms with E-state index in [1.165, 1.54) is 23.4 Å². The minimum Gasteiger partial charge on any atom is -0.335 e. The van der Waals surface area contributed by atoms with E-state index >= 15 is 0 Å². The third-order valence-corrected chi connectivity index (χ3v) is 5.28. The van der Waals surface area contributed by atoms with Gasteiger partial charge in [-0.15, -0.1) is 13.2 Å². The highest BCUT2D eigenvalue weighted by Crippen LogP contribution is 2.27. The van der Waals surface area contributed by atoms with Crippen LogP contribution in [0.25, 0.3) is 11.0 Å². The Hall–Kier alpha value is -2.68. The average molecular weight is 418 g/mol. The SMILES string of the molecule is C=CCN(CC=C)C(=O)CSc1nc(C(C)(C)C)nc2c1c(=O)n(C)c(=O)n2C. The number of rotatable bonds is 7. The molecule has 0 N–H and O–H groups in total. The summed E-state index contributed by atoms with van der Waals surface area (Å²) in [6.45, 7) is 14.0. The van der Waals surface area contributed by atoms with Crippen LogP contribution in [-0.2, 0) is 24.3 Å². The van der Waals surface area contributed by atoms with Gasteiger partial charge in [-0.2, -0.15) is 0 Å². The first kappa shape index (κ1) is 22.6. The second kappa shape index (κ2) is 8.77. The molecule has 0 fully saturated rings. The normalized spacial score (nSPS) is 11.5. The lowest BCUT2D eigenvalue weighted by atomic mass is 9.96. The van der Waals surface area contributed by atoms with Gasteiger partial charge < -0.3 is 4.90 Å². The van der Waals surface area contributed by atoms with Crippen molar-refractivity contribution in [3.05, 3.63) is 52.0 Å². The number of carbonyl (C=O) groups excluding carboxylic acids is 1. The van der Waals surface area contributed by atoms with Crippen molar-refractivity contribution in [1.29, 1.82) is 0 Å². The molecule has 0 spiro atoms. The Bertz CT molecular complexity index is 1070. The Labute approximate surface area is 174 Å². The van der Waals surface area contributed by atoms with E-state index in [0.717, 1.165) is 4.57 Å². The number of hydrogen-bond acceptors (Lipinski definition) is 6. The molecule has 0 aliphatic carbocycles. The highest BCUT2D eigenvalue weighted by atomic mass is 32.2. The Morgan fingerprint density at radius 2 is 1.69 bits per heavy atom. The van der Waals surface area contributed by atoms with Gasteiger partial charge in [0.2, 0.25) is 5.91 Å². The Morgan fingerprint density at radius 3 is 2.21 bits per heavy atom. The topological polar surface area (TPSA) is 90.1 Å². The van der Waals surface area contributed by atoms with Gasteiger partial charge in [0.1, 0.15) is 16.2 Å². The molecule has 0 radical (unpaired) electrons. The van der Waals surface area contributed by atoms with E-state index in [2.05, 4.69) is 23.1 Å². The summed E-state index contributed by atoms with van der Waals surface area (Å²) in [5, 5.41) is 0.626. The molecule has 2 aromatic rings. The van der Waals surface area contributed by atoms with Crippen molar-refractivity contribution in [1.82, 2.24) is 24.0 Å². The van der Waals surface area contributed by atoms with Crippen LogP contribution in [0.4, 0.5) is 0 Å². The first-order valence-corrected chi connectivity index (χ1v) is 10.1. The zero-order chi connectivity index (χ0) is 21.9. The zero-order valence-electron chi connectivity index (χ0n) is 17.6. The van der Waals surface area contributed by atoms with Crippen molar-refractivity contribution >= 4 is 28.7 Å². The number of carbonyl (C=O) groups is 1. The number of aromatic nitrogens is 4. The van der Waals surface area contributed by atoms with E-state index in [-0.39, 0.29) is 22.7 Å². The quantitative estimate of drug-likeness (QED) is 0.386. The van der Waals surface area contributed by atoms with Gasteiger partial charge in [-0.1, -0.05) is 44.7 Å². The van der Waals surface area contributed by atoms with Gasteiger partial charge in [0.05, 0.1) is 5.75 Å². The predicted octanol–water partition coefficient (Wildman–Crippen LogP) is 1.62. The average Bonchev–Trinajstić information content (AvgIpc) is 2.67. The smallest absolute Gasteiger partial charge is 0.332 e. The largest absolute Gasteiger partial charge is 0.335 e. The van der Waals surface area contributed by atoms with Crippen LogP contribution in [0, 0.1) is 0 Å². The molecule has 2 rings (SSSR count). The lowest BCUT2D eigenvalue weighted by Crippen LogP contribution is -2.38. The first-order valence-electron chi connectivity index (χ1n) is 9.13. The van der Waals surface area contributed by atoms with Crippen LogP contribution in [-0.4, -0.2) is 48.8 Å². The lowest BCUT2D eigenvalue weighted by molar-refractivity contribution is -0.127. The monoisotopic (exact) mass is 417 g/mol. The van der Waals surface area contributed by atoms with Crippen LogP contribution in [0.5, 0.6) is 0 Å². The van der Waals surface area contributed by atoms with Crippen molar-refractivity contribution in [3.63, 3.8) is 0 Å². The summed E-state index contributed by atoms with van der Waals surface area (Å²) in [6, 6.07) is 0. The molecule has 0 saturated heterocycles. The Kier molecular flexibility index (Phi) is 6.84. The molecular weight excluding hydrogens is 390 g/mol. The molecular formula is C20H27N5O3S. The second-order valence-corrected chi connectivity index (χ2v) is 8.64. The number of aryl methyl sites for hydroxylation is 1. The molecule has 9 heteroatoms. The first-order chi connectivity index (χ1) is 13.5. The van der Waals surface area contributed by atoms with Crippen molar-refractivity contribution in [2.24, 2.45) is 14.1 Å². The van der Waals surface area contributed by atoms with E-state index in [9.17, 15) is 14.4 Å². The fourth-order valence-corrected chi connectivity index (χ4v) is 3.60. The van der Waals surface area contributed by atoms with Crippen LogP contribution in [0.2, 0.25) is 0 Å². The number of amides is 1. The maximum Gasteiger partial charge on any atom is 0.332 e.